The molecule has 1 aliphatic carbocycles. The SMILES string of the molecule is CC(C)C(CCBr)NC(=O)C1CCC(C(F)(F)F)CC1. The molecule has 0 radical (unpaired) electrons. The second-order valence-electron chi connectivity index (χ2n) is 5.93. The van der Waals surface area contributed by atoms with Gasteiger partial charge >= 0.3 is 6.18 Å². The summed E-state index contributed by atoms with van der Waals surface area (Å²) >= 11 is 3.36. The van der Waals surface area contributed by atoms with Crippen molar-refractivity contribution in [1.82, 2.24) is 5.32 Å². The fraction of sp³-hybridized carbons (Fsp3) is 0.929. The number of carbonyl (C=O) groups excluding carboxylic acids is 1. The van der Waals surface area contributed by atoms with Gasteiger partial charge in [0.1, 0.15) is 0 Å². The van der Waals surface area contributed by atoms with Crippen LogP contribution in [-0.2, 0) is 4.79 Å². The van der Waals surface area contributed by atoms with E-state index < -0.39 is 12.1 Å². The quantitative estimate of drug-likeness (QED) is 0.731. The first kappa shape index (κ1) is 17.8. The van der Waals surface area contributed by atoms with Crippen molar-refractivity contribution in [3.63, 3.8) is 0 Å². The van der Waals surface area contributed by atoms with Gasteiger partial charge in [-0.05, 0) is 38.0 Å². The van der Waals surface area contributed by atoms with Gasteiger partial charge in [0.15, 0.2) is 0 Å². The monoisotopic (exact) mass is 357 g/mol. The highest BCUT2D eigenvalue weighted by Crippen LogP contribution is 2.39. The molecule has 2 nitrogen and oxygen atoms in total. The van der Waals surface area contributed by atoms with Crippen LogP contribution in [0.25, 0.3) is 0 Å². The Balaban J connectivity index is 2.46. The first-order chi connectivity index (χ1) is 9.25. The number of carbonyl (C=O) groups is 1. The van der Waals surface area contributed by atoms with E-state index in [0.29, 0.717) is 18.8 Å². The largest absolute Gasteiger partial charge is 0.391 e. The van der Waals surface area contributed by atoms with Crippen LogP contribution in [0.3, 0.4) is 0 Å². The lowest BCUT2D eigenvalue weighted by Gasteiger charge is -2.31. The normalized spacial score (nSPS) is 25.6. The van der Waals surface area contributed by atoms with Gasteiger partial charge in [0.05, 0.1) is 5.92 Å². The smallest absolute Gasteiger partial charge is 0.353 e. The van der Waals surface area contributed by atoms with Crippen molar-refractivity contribution < 1.29 is 18.0 Å². The lowest BCUT2D eigenvalue weighted by Crippen LogP contribution is -2.43. The zero-order chi connectivity index (χ0) is 15.3. The average molecular weight is 358 g/mol. The fourth-order valence-corrected chi connectivity index (χ4v) is 3.17. The molecule has 1 amide bonds. The molecule has 1 fully saturated rings. The van der Waals surface area contributed by atoms with E-state index in [4.69, 9.17) is 0 Å². The van der Waals surface area contributed by atoms with Crippen molar-refractivity contribution in [1.29, 1.82) is 0 Å². The highest BCUT2D eigenvalue weighted by Gasteiger charge is 2.42. The molecule has 118 valence electrons. The first-order valence-corrected chi connectivity index (χ1v) is 8.31. The highest BCUT2D eigenvalue weighted by molar-refractivity contribution is 9.09. The Bertz CT molecular complexity index is 312. The zero-order valence-electron chi connectivity index (χ0n) is 12.0. The van der Waals surface area contributed by atoms with Gasteiger partial charge in [0, 0.05) is 17.3 Å². The maximum atomic E-state index is 12.6. The number of halogens is 4. The van der Waals surface area contributed by atoms with Crippen LogP contribution < -0.4 is 5.32 Å². The number of hydrogen-bond donors (Lipinski definition) is 1. The van der Waals surface area contributed by atoms with E-state index in [0.717, 1.165) is 11.8 Å². The summed E-state index contributed by atoms with van der Waals surface area (Å²) in [6, 6.07) is 0.0854. The summed E-state index contributed by atoms with van der Waals surface area (Å²) in [6.45, 7) is 4.07. The van der Waals surface area contributed by atoms with Crippen molar-refractivity contribution in [2.45, 2.75) is 58.2 Å². The van der Waals surface area contributed by atoms with Crippen molar-refractivity contribution >= 4 is 21.8 Å². The molecule has 0 aromatic carbocycles. The van der Waals surface area contributed by atoms with Crippen molar-refractivity contribution in [3.8, 4) is 0 Å². The van der Waals surface area contributed by atoms with Gasteiger partial charge in [-0.1, -0.05) is 29.8 Å². The number of nitrogens with one attached hydrogen (secondary N) is 1. The molecule has 0 aromatic rings. The van der Waals surface area contributed by atoms with E-state index >= 15 is 0 Å². The molecule has 0 aliphatic heterocycles. The Morgan fingerprint density at radius 3 is 2.20 bits per heavy atom. The second-order valence-corrected chi connectivity index (χ2v) is 6.72. The Morgan fingerprint density at radius 2 is 1.80 bits per heavy atom. The van der Waals surface area contributed by atoms with Gasteiger partial charge in [-0.15, -0.1) is 0 Å². The van der Waals surface area contributed by atoms with Gasteiger partial charge in [-0.3, -0.25) is 4.79 Å². The number of hydrogen-bond acceptors (Lipinski definition) is 1. The molecule has 0 aromatic heterocycles. The predicted molar refractivity (Wildman–Crippen MR) is 76.7 cm³/mol. The summed E-state index contributed by atoms with van der Waals surface area (Å²) in [6.07, 6.45) is -2.44. The molecule has 0 heterocycles. The molecule has 0 saturated heterocycles. The number of rotatable bonds is 5. The molecular weight excluding hydrogens is 335 g/mol. The summed E-state index contributed by atoms with van der Waals surface area (Å²) < 4.78 is 37.7. The maximum Gasteiger partial charge on any atom is 0.391 e. The minimum Gasteiger partial charge on any atom is -0.353 e. The standard InChI is InChI=1S/C14H23BrF3NO/c1-9(2)12(7-8-15)19-13(20)10-3-5-11(6-4-10)14(16,17)18/h9-12H,3-8H2,1-2H3,(H,19,20). The topological polar surface area (TPSA) is 29.1 Å². The van der Waals surface area contributed by atoms with E-state index in [9.17, 15) is 18.0 Å². The van der Waals surface area contributed by atoms with Crippen LogP contribution in [0.15, 0.2) is 0 Å². The average Bonchev–Trinajstić information content (AvgIpc) is 2.37. The van der Waals surface area contributed by atoms with E-state index in [-0.39, 0.29) is 30.7 Å². The van der Waals surface area contributed by atoms with Crippen LogP contribution in [0.1, 0.15) is 46.0 Å². The summed E-state index contributed by atoms with van der Waals surface area (Å²) in [7, 11) is 0. The lowest BCUT2D eigenvalue weighted by molar-refractivity contribution is -0.184. The number of amides is 1. The Hall–Kier alpha value is -0.260. The summed E-state index contributed by atoms with van der Waals surface area (Å²) in [5.74, 6) is -1.24. The Kier molecular flexibility index (Phi) is 6.82. The molecule has 1 unspecified atom stereocenters. The minimum atomic E-state index is -4.11. The third-order valence-electron chi connectivity index (χ3n) is 4.11. The maximum absolute atomic E-state index is 12.6. The Morgan fingerprint density at radius 1 is 1.25 bits per heavy atom. The van der Waals surface area contributed by atoms with Crippen molar-refractivity contribution in [2.75, 3.05) is 5.33 Å². The van der Waals surface area contributed by atoms with Crippen LogP contribution in [0.2, 0.25) is 0 Å². The van der Waals surface area contributed by atoms with E-state index in [1.165, 1.54) is 0 Å². The van der Waals surface area contributed by atoms with Crippen LogP contribution in [0.4, 0.5) is 13.2 Å². The molecule has 1 rings (SSSR count). The molecule has 1 N–H and O–H groups in total. The van der Waals surface area contributed by atoms with Gasteiger partial charge in [0.2, 0.25) is 5.91 Å². The van der Waals surface area contributed by atoms with E-state index in [2.05, 4.69) is 21.2 Å². The summed E-state index contributed by atoms with van der Waals surface area (Å²) in [5, 5.41) is 3.79. The lowest BCUT2D eigenvalue weighted by atomic mass is 9.81. The summed E-state index contributed by atoms with van der Waals surface area (Å²) in [4.78, 5) is 12.1. The first-order valence-electron chi connectivity index (χ1n) is 7.18. The molecule has 6 heteroatoms. The highest BCUT2D eigenvalue weighted by atomic mass is 79.9. The number of alkyl halides is 4. The predicted octanol–water partition coefficient (Wildman–Crippen LogP) is 4.28. The fourth-order valence-electron chi connectivity index (χ4n) is 2.67. The molecule has 0 bridgehead atoms. The second kappa shape index (κ2) is 7.66. The van der Waals surface area contributed by atoms with Gasteiger partial charge in [-0.25, -0.2) is 0 Å². The van der Waals surface area contributed by atoms with Crippen LogP contribution in [-0.4, -0.2) is 23.5 Å². The molecule has 1 atom stereocenters. The summed E-state index contributed by atoms with van der Waals surface area (Å²) in [5.41, 5.74) is 0. The van der Waals surface area contributed by atoms with Crippen LogP contribution >= 0.6 is 15.9 Å². The van der Waals surface area contributed by atoms with Crippen molar-refractivity contribution in [2.24, 2.45) is 17.8 Å². The molecule has 0 spiro atoms. The van der Waals surface area contributed by atoms with Crippen LogP contribution in [0, 0.1) is 17.8 Å². The molecule has 20 heavy (non-hydrogen) atoms. The van der Waals surface area contributed by atoms with Crippen LogP contribution in [0.5, 0.6) is 0 Å². The van der Waals surface area contributed by atoms with Gasteiger partial charge in [0.25, 0.3) is 0 Å². The van der Waals surface area contributed by atoms with Gasteiger partial charge < -0.3 is 5.32 Å². The molecular formula is C14H23BrF3NO. The van der Waals surface area contributed by atoms with E-state index in [1.54, 1.807) is 0 Å². The Labute approximate surface area is 127 Å². The molecule has 1 aliphatic rings. The van der Waals surface area contributed by atoms with E-state index in [1.807, 2.05) is 13.8 Å². The zero-order valence-corrected chi connectivity index (χ0v) is 13.6. The van der Waals surface area contributed by atoms with Gasteiger partial charge in [-0.2, -0.15) is 13.2 Å². The molecule has 1 saturated carbocycles. The van der Waals surface area contributed by atoms with Crippen molar-refractivity contribution in [3.05, 3.63) is 0 Å². The minimum absolute atomic E-state index is 0.0758. The third kappa shape index (κ3) is 5.26. The third-order valence-corrected chi connectivity index (χ3v) is 4.57.